The minimum atomic E-state index is -3.75. The number of sulfonamides is 1. The van der Waals surface area contributed by atoms with Crippen LogP contribution in [0.15, 0.2) is 52.4 Å². The number of carbonyl (C=O) groups is 1. The lowest BCUT2D eigenvalue weighted by Gasteiger charge is -2.15. The maximum absolute atomic E-state index is 13.3. The van der Waals surface area contributed by atoms with Gasteiger partial charge in [0.2, 0.25) is 15.9 Å². The molecule has 0 saturated carbocycles. The van der Waals surface area contributed by atoms with Crippen molar-refractivity contribution >= 4 is 21.9 Å². The van der Waals surface area contributed by atoms with Crippen LogP contribution < -0.4 is 15.8 Å². The summed E-state index contributed by atoms with van der Waals surface area (Å²) < 4.78 is 36.0. The van der Waals surface area contributed by atoms with Crippen LogP contribution in [0.1, 0.15) is 16.7 Å². The molecule has 10 heteroatoms. The standard InChI is InChI=1S/C21H28FN5O3S/c1-15-12-18(22)7-6-17(15)10-11-24-21(26-14-20(28)27(2)3)25-13-16-4-8-19(9-5-16)31(23,29)30/h4-9,12H,10-11,13-14H2,1-3H3,(H2,23,29,30)(H2,24,25,26). The number of amides is 1. The van der Waals surface area contributed by atoms with Crippen LogP contribution in [0.3, 0.4) is 0 Å². The monoisotopic (exact) mass is 449 g/mol. The fraction of sp³-hybridized carbons (Fsp3) is 0.333. The van der Waals surface area contributed by atoms with Crippen LogP contribution in [0, 0.1) is 12.7 Å². The molecule has 168 valence electrons. The summed E-state index contributed by atoms with van der Waals surface area (Å²) in [6.07, 6.45) is 0.650. The number of likely N-dealkylation sites (N-methyl/N-ethyl adjacent to an activating group) is 1. The fourth-order valence-corrected chi connectivity index (χ4v) is 3.22. The summed E-state index contributed by atoms with van der Waals surface area (Å²) in [6.45, 7) is 2.72. The summed E-state index contributed by atoms with van der Waals surface area (Å²) in [7, 11) is -0.417. The van der Waals surface area contributed by atoms with Gasteiger partial charge in [-0.3, -0.25) is 4.79 Å². The Hall–Kier alpha value is -2.98. The highest BCUT2D eigenvalue weighted by Crippen LogP contribution is 2.11. The predicted molar refractivity (Wildman–Crippen MR) is 118 cm³/mol. The highest BCUT2D eigenvalue weighted by atomic mass is 32.2. The molecule has 0 aliphatic carbocycles. The topological polar surface area (TPSA) is 117 Å². The summed E-state index contributed by atoms with van der Waals surface area (Å²) in [4.78, 5) is 17.9. The summed E-state index contributed by atoms with van der Waals surface area (Å²) in [5.74, 6) is 0.0562. The van der Waals surface area contributed by atoms with Crippen LogP contribution in [0.5, 0.6) is 0 Å². The van der Waals surface area contributed by atoms with Crippen molar-refractivity contribution in [3.05, 3.63) is 65.0 Å². The average Bonchev–Trinajstić information content (AvgIpc) is 2.70. The van der Waals surface area contributed by atoms with E-state index in [-0.39, 0.29) is 29.7 Å². The minimum absolute atomic E-state index is 0.0305. The zero-order valence-corrected chi connectivity index (χ0v) is 18.7. The number of hydrogen-bond donors (Lipinski definition) is 3. The molecule has 0 fully saturated rings. The first-order valence-corrected chi connectivity index (χ1v) is 11.2. The average molecular weight is 450 g/mol. The van der Waals surface area contributed by atoms with Gasteiger partial charge in [0.15, 0.2) is 5.96 Å². The van der Waals surface area contributed by atoms with E-state index in [1.807, 2.05) is 6.92 Å². The van der Waals surface area contributed by atoms with Gasteiger partial charge >= 0.3 is 0 Å². The van der Waals surface area contributed by atoms with Crippen molar-refractivity contribution < 1.29 is 17.6 Å². The first-order chi connectivity index (χ1) is 14.6. The molecule has 0 spiro atoms. The predicted octanol–water partition coefficient (Wildman–Crippen LogP) is 1.15. The summed E-state index contributed by atoms with van der Waals surface area (Å²) >= 11 is 0. The second-order valence-corrected chi connectivity index (χ2v) is 8.80. The van der Waals surface area contributed by atoms with E-state index in [1.54, 1.807) is 32.3 Å². The Morgan fingerprint density at radius 1 is 1.13 bits per heavy atom. The van der Waals surface area contributed by atoms with E-state index in [9.17, 15) is 17.6 Å². The molecule has 1 amide bonds. The maximum atomic E-state index is 13.3. The highest BCUT2D eigenvalue weighted by Gasteiger charge is 2.08. The van der Waals surface area contributed by atoms with Crippen molar-refractivity contribution in [2.45, 2.75) is 24.8 Å². The molecule has 2 aromatic rings. The number of halogens is 1. The number of nitrogens with zero attached hydrogens (tertiary/aromatic N) is 2. The first kappa shape index (κ1) is 24.3. The third kappa shape index (κ3) is 7.99. The number of nitrogens with one attached hydrogen (secondary N) is 2. The molecule has 0 atom stereocenters. The van der Waals surface area contributed by atoms with Gasteiger partial charge in [-0.25, -0.2) is 22.9 Å². The third-order valence-electron chi connectivity index (χ3n) is 4.57. The number of guanidine groups is 1. The van der Waals surface area contributed by atoms with Gasteiger partial charge in [0, 0.05) is 20.6 Å². The molecule has 31 heavy (non-hydrogen) atoms. The molecule has 4 N–H and O–H groups in total. The maximum Gasteiger partial charge on any atom is 0.241 e. The number of aliphatic imine (C=N–C) groups is 1. The lowest BCUT2D eigenvalue weighted by Crippen LogP contribution is -2.43. The molecular weight excluding hydrogens is 421 g/mol. The van der Waals surface area contributed by atoms with Gasteiger partial charge < -0.3 is 15.5 Å². The minimum Gasteiger partial charge on any atom is -0.356 e. The number of carbonyl (C=O) groups excluding carboxylic acids is 1. The molecule has 0 bridgehead atoms. The third-order valence-corrected chi connectivity index (χ3v) is 5.50. The van der Waals surface area contributed by atoms with Crippen LogP contribution in [-0.4, -0.2) is 52.4 Å². The number of nitrogens with two attached hydrogens (primary N) is 1. The molecule has 0 aliphatic heterocycles. The Morgan fingerprint density at radius 3 is 2.39 bits per heavy atom. The van der Waals surface area contributed by atoms with E-state index < -0.39 is 10.0 Å². The van der Waals surface area contributed by atoms with Crippen molar-refractivity contribution in [2.24, 2.45) is 10.1 Å². The number of aryl methyl sites for hydroxylation is 1. The fourth-order valence-electron chi connectivity index (χ4n) is 2.70. The zero-order chi connectivity index (χ0) is 23.0. The van der Waals surface area contributed by atoms with Gasteiger partial charge in [-0.15, -0.1) is 0 Å². The zero-order valence-electron chi connectivity index (χ0n) is 17.9. The Kier molecular flexibility index (Phi) is 8.52. The molecule has 0 unspecified atom stereocenters. The summed E-state index contributed by atoms with van der Waals surface area (Å²) in [5, 5.41) is 11.3. The van der Waals surface area contributed by atoms with Gasteiger partial charge in [0.25, 0.3) is 0 Å². The first-order valence-electron chi connectivity index (χ1n) is 9.65. The molecule has 0 radical (unpaired) electrons. The Labute approximate surface area is 182 Å². The van der Waals surface area contributed by atoms with Gasteiger partial charge in [-0.05, 0) is 54.3 Å². The van der Waals surface area contributed by atoms with E-state index in [2.05, 4.69) is 15.6 Å². The normalized spacial score (nSPS) is 11.8. The Balaban J connectivity index is 2.05. The molecule has 0 aliphatic rings. The second-order valence-electron chi connectivity index (χ2n) is 7.24. The van der Waals surface area contributed by atoms with Crippen molar-refractivity contribution in [1.29, 1.82) is 0 Å². The van der Waals surface area contributed by atoms with E-state index in [0.717, 1.165) is 16.7 Å². The lowest BCUT2D eigenvalue weighted by atomic mass is 10.1. The van der Waals surface area contributed by atoms with Gasteiger partial charge in [0.1, 0.15) is 5.82 Å². The van der Waals surface area contributed by atoms with Crippen molar-refractivity contribution in [2.75, 3.05) is 27.2 Å². The molecule has 0 aromatic heterocycles. The van der Waals surface area contributed by atoms with Crippen molar-refractivity contribution in [3.63, 3.8) is 0 Å². The van der Waals surface area contributed by atoms with Gasteiger partial charge in [-0.1, -0.05) is 18.2 Å². The van der Waals surface area contributed by atoms with E-state index in [1.165, 1.54) is 29.2 Å². The number of benzene rings is 2. The molecule has 2 rings (SSSR count). The van der Waals surface area contributed by atoms with Crippen molar-refractivity contribution in [1.82, 2.24) is 15.5 Å². The summed E-state index contributed by atoms with van der Waals surface area (Å²) in [5.41, 5.74) is 2.66. The molecular formula is C21H28FN5O3S. The number of rotatable bonds is 8. The van der Waals surface area contributed by atoms with Gasteiger partial charge in [0.05, 0.1) is 18.0 Å². The number of hydrogen-bond acceptors (Lipinski definition) is 4. The van der Waals surface area contributed by atoms with Crippen LogP contribution in [-0.2, 0) is 27.8 Å². The molecule has 0 heterocycles. The van der Waals surface area contributed by atoms with Crippen molar-refractivity contribution in [3.8, 4) is 0 Å². The van der Waals surface area contributed by atoms with Crippen LogP contribution >= 0.6 is 0 Å². The van der Waals surface area contributed by atoms with E-state index in [4.69, 9.17) is 5.14 Å². The van der Waals surface area contributed by atoms with Crippen LogP contribution in [0.2, 0.25) is 0 Å². The van der Waals surface area contributed by atoms with E-state index in [0.29, 0.717) is 18.9 Å². The SMILES string of the molecule is Cc1cc(F)ccc1CCNC(=NCc1ccc(S(N)(=O)=O)cc1)NCC(=O)N(C)C. The second kappa shape index (κ2) is 10.9. The highest BCUT2D eigenvalue weighted by molar-refractivity contribution is 7.89. The summed E-state index contributed by atoms with van der Waals surface area (Å²) in [6, 6.07) is 10.8. The van der Waals surface area contributed by atoms with Crippen LogP contribution in [0.25, 0.3) is 0 Å². The smallest absolute Gasteiger partial charge is 0.241 e. The molecule has 8 nitrogen and oxygen atoms in total. The molecule has 2 aromatic carbocycles. The molecule has 0 saturated heterocycles. The number of primary sulfonamides is 1. The Bertz CT molecular complexity index is 1040. The van der Waals surface area contributed by atoms with Gasteiger partial charge in [-0.2, -0.15) is 0 Å². The van der Waals surface area contributed by atoms with Crippen LogP contribution in [0.4, 0.5) is 4.39 Å². The quantitative estimate of drug-likeness (QED) is 0.413. The Morgan fingerprint density at radius 2 is 1.81 bits per heavy atom. The van der Waals surface area contributed by atoms with E-state index >= 15 is 0 Å². The largest absolute Gasteiger partial charge is 0.356 e. The lowest BCUT2D eigenvalue weighted by molar-refractivity contribution is -0.127.